The van der Waals surface area contributed by atoms with Crippen LogP contribution in [0.5, 0.6) is 0 Å². The van der Waals surface area contributed by atoms with Gasteiger partial charge in [0.1, 0.15) is 0 Å². The van der Waals surface area contributed by atoms with Crippen LogP contribution >= 0.6 is 0 Å². The molecule has 0 aliphatic heterocycles. The van der Waals surface area contributed by atoms with Crippen molar-refractivity contribution < 1.29 is 0 Å². The zero-order valence-electron chi connectivity index (χ0n) is 6.25. The molecule has 1 aromatic carbocycles. The Morgan fingerprint density at radius 3 is 2.18 bits per heavy atom. The Kier molecular flexibility index (Phi) is 2.74. The van der Waals surface area contributed by atoms with Crippen molar-refractivity contribution in [2.75, 3.05) is 0 Å². The largest absolute Gasteiger partial charge is 0.326 e. The predicted octanol–water partition coefficient (Wildman–Crippen LogP) is 1.68. The molecule has 0 radical (unpaired) electrons. The normalized spacial score (nSPS) is 9.55. The first-order valence-electron chi connectivity index (χ1n) is 3.48. The third-order valence-corrected chi connectivity index (χ3v) is 1.52. The van der Waals surface area contributed by atoms with Gasteiger partial charge in [-0.2, -0.15) is 5.11 Å². The molecule has 1 aromatic rings. The van der Waals surface area contributed by atoms with Crippen LogP contribution in [0.4, 0.5) is 0 Å². The summed E-state index contributed by atoms with van der Waals surface area (Å²) < 4.78 is 0. The average molecular weight is 149 g/mol. The van der Waals surface area contributed by atoms with Crippen molar-refractivity contribution in [3.05, 3.63) is 35.4 Å². The van der Waals surface area contributed by atoms with Gasteiger partial charge in [-0.05, 0) is 11.1 Å². The molecule has 0 aliphatic carbocycles. The molecule has 0 amide bonds. The zero-order valence-corrected chi connectivity index (χ0v) is 6.25. The van der Waals surface area contributed by atoms with Crippen molar-refractivity contribution in [1.29, 1.82) is 5.53 Å². The van der Waals surface area contributed by atoms with E-state index in [0.717, 1.165) is 11.1 Å². The highest BCUT2D eigenvalue weighted by Crippen LogP contribution is 2.04. The van der Waals surface area contributed by atoms with E-state index in [1.165, 1.54) is 0 Å². The zero-order chi connectivity index (χ0) is 8.10. The fourth-order valence-corrected chi connectivity index (χ4v) is 0.872. The van der Waals surface area contributed by atoms with E-state index in [9.17, 15) is 0 Å². The molecule has 3 nitrogen and oxygen atoms in total. The van der Waals surface area contributed by atoms with E-state index in [4.69, 9.17) is 11.3 Å². The number of nitrogens with one attached hydrogen (secondary N) is 1. The molecule has 3 heteroatoms. The molecule has 0 spiro atoms. The van der Waals surface area contributed by atoms with Crippen LogP contribution in [0.3, 0.4) is 0 Å². The lowest BCUT2D eigenvalue weighted by molar-refractivity contribution is 0.905. The van der Waals surface area contributed by atoms with E-state index < -0.39 is 0 Å². The Morgan fingerprint density at radius 2 is 1.73 bits per heavy atom. The summed E-state index contributed by atoms with van der Waals surface area (Å²) in [5.74, 6) is 0. The third kappa shape index (κ3) is 2.13. The average Bonchev–Trinajstić information content (AvgIpc) is 2.07. The van der Waals surface area contributed by atoms with E-state index in [1.54, 1.807) is 0 Å². The van der Waals surface area contributed by atoms with Crippen molar-refractivity contribution in [2.24, 2.45) is 10.8 Å². The lowest BCUT2D eigenvalue weighted by atomic mass is 10.1. The van der Waals surface area contributed by atoms with Crippen molar-refractivity contribution in [2.45, 2.75) is 13.1 Å². The maximum Gasteiger partial charge on any atom is 0.0846 e. The van der Waals surface area contributed by atoms with Gasteiger partial charge in [-0.3, -0.25) is 0 Å². The summed E-state index contributed by atoms with van der Waals surface area (Å²) in [4.78, 5) is 0. The minimum atomic E-state index is 0.463. The van der Waals surface area contributed by atoms with Gasteiger partial charge in [0.2, 0.25) is 0 Å². The van der Waals surface area contributed by atoms with Crippen LogP contribution in [0.15, 0.2) is 29.4 Å². The fraction of sp³-hybridized carbons (Fsp3) is 0.250. The van der Waals surface area contributed by atoms with Crippen LogP contribution in [-0.2, 0) is 13.1 Å². The highest BCUT2D eigenvalue weighted by molar-refractivity contribution is 5.22. The fourth-order valence-electron chi connectivity index (χ4n) is 0.872. The number of hydrogen-bond acceptors (Lipinski definition) is 3. The third-order valence-electron chi connectivity index (χ3n) is 1.52. The molecule has 0 unspecified atom stereocenters. The van der Waals surface area contributed by atoms with Gasteiger partial charge in [-0.1, -0.05) is 24.3 Å². The van der Waals surface area contributed by atoms with Crippen LogP contribution in [0.25, 0.3) is 0 Å². The lowest BCUT2D eigenvalue weighted by Crippen LogP contribution is -1.95. The Bertz CT molecular complexity index is 228. The van der Waals surface area contributed by atoms with Gasteiger partial charge in [0.25, 0.3) is 0 Å². The summed E-state index contributed by atoms with van der Waals surface area (Å²) in [6.07, 6.45) is 0. The number of rotatable bonds is 3. The number of hydrogen-bond donors (Lipinski definition) is 2. The minimum Gasteiger partial charge on any atom is -0.326 e. The lowest BCUT2D eigenvalue weighted by Gasteiger charge is -1.97. The first-order valence-corrected chi connectivity index (χ1v) is 3.48. The van der Waals surface area contributed by atoms with Crippen LogP contribution in [-0.4, -0.2) is 0 Å². The summed E-state index contributed by atoms with van der Waals surface area (Å²) in [5, 5.41) is 3.28. The van der Waals surface area contributed by atoms with Crippen molar-refractivity contribution in [3.63, 3.8) is 0 Å². The summed E-state index contributed by atoms with van der Waals surface area (Å²) in [5.41, 5.74) is 14.2. The molecule has 0 saturated heterocycles. The summed E-state index contributed by atoms with van der Waals surface area (Å²) in [7, 11) is 0. The Labute approximate surface area is 65.7 Å². The molecular weight excluding hydrogens is 138 g/mol. The second-order valence-corrected chi connectivity index (χ2v) is 2.34. The molecule has 0 aromatic heterocycles. The smallest absolute Gasteiger partial charge is 0.0846 e. The molecule has 58 valence electrons. The molecular formula is C8H11N3. The highest BCUT2D eigenvalue weighted by atomic mass is 14.9. The van der Waals surface area contributed by atoms with Gasteiger partial charge in [-0.15, -0.1) is 0 Å². The maximum absolute atomic E-state index is 6.64. The Hall–Kier alpha value is -1.22. The van der Waals surface area contributed by atoms with Gasteiger partial charge in [0.05, 0.1) is 6.54 Å². The first-order chi connectivity index (χ1) is 5.36. The van der Waals surface area contributed by atoms with E-state index in [1.807, 2.05) is 24.3 Å². The summed E-state index contributed by atoms with van der Waals surface area (Å²) in [6, 6.07) is 7.81. The summed E-state index contributed by atoms with van der Waals surface area (Å²) in [6.45, 7) is 1.03. The van der Waals surface area contributed by atoms with Gasteiger partial charge in [0.15, 0.2) is 0 Å². The first kappa shape index (κ1) is 7.88. The quantitative estimate of drug-likeness (QED) is 0.631. The molecule has 1 rings (SSSR count). The molecule has 11 heavy (non-hydrogen) atoms. The van der Waals surface area contributed by atoms with Crippen LogP contribution in [0, 0.1) is 5.53 Å². The van der Waals surface area contributed by atoms with E-state index in [0.29, 0.717) is 13.1 Å². The van der Waals surface area contributed by atoms with Crippen molar-refractivity contribution >= 4 is 0 Å². The van der Waals surface area contributed by atoms with E-state index >= 15 is 0 Å². The molecule has 0 saturated carbocycles. The Morgan fingerprint density at radius 1 is 1.18 bits per heavy atom. The Balaban J connectivity index is 2.74. The monoisotopic (exact) mass is 149 g/mol. The molecule has 0 fully saturated rings. The van der Waals surface area contributed by atoms with Gasteiger partial charge in [-0.25, -0.2) is 5.53 Å². The highest BCUT2D eigenvalue weighted by Gasteiger charge is 1.90. The van der Waals surface area contributed by atoms with Crippen molar-refractivity contribution in [3.8, 4) is 0 Å². The molecule has 0 bridgehead atoms. The van der Waals surface area contributed by atoms with Crippen LogP contribution in [0.1, 0.15) is 11.1 Å². The topological polar surface area (TPSA) is 62.2 Å². The molecule has 0 atom stereocenters. The maximum atomic E-state index is 6.64. The molecule has 0 aliphatic rings. The second kappa shape index (κ2) is 3.83. The second-order valence-electron chi connectivity index (χ2n) is 2.34. The van der Waals surface area contributed by atoms with Gasteiger partial charge >= 0.3 is 0 Å². The predicted molar refractivity (Wildman–Crippen MR) is 43.2 cm³/mol. The van der Waals surface area contributed by atoms with E-state index in [-0.39, 0.29) is 0 Å². The summed E-state index contributed by atoms with van der Waals surface area (Å²) >= 11 is 0. The van der Waals surface area contributed by atoms with Crippen LogP contribution in [0.2, 0.25) is 0 Å². The molecule has 0 heterocycles. The molecule has 3 N–H and O–H groups in total. The van der Waals surface area contributed by atoms with Crippen molar-refractivity contribution in [1.82, 2.24) is 0 Å². The van der Waals surface area contributed by atoms with Gasteiger partial charge in [0, 0.05) is 6.54 Å². The SMILES string of the molecule is N=NCc1ccc(CN)cc1. The van der Waals surface area contributed by atoms with Crippen LogP contribution < -0.4 is 5.73 Å². The number of nitrogens with zero attached hydrogens (tertiary/aromatic N) is 1. The number of benzene rings is 1. The number of nitrogens with two attached hydrogens (primary N) is 1. The minimum absolute atomic E-state index is 0.463. The van der Waals surface area contributed by atoms with E-state index in [2.05, 4.69) is 5.11 Å². The standard InChI is InChI=1S/C8H11N3/c9-5-7-1-3-8(4-2-7)6-11-10/h1-4,10H,5-6,9H2. The van der Waals surface area contributed by atoms with Gasteiger partial charge < -0.3 is 5.73 Å².